The number of ether oxygens (including phenoxy) is 1. The molecule has 2 aromatic heterocycles. The summed E-state index contributed by atoms with van der Waals surface area (Å²) >= 11 is 0. The fourth-order valence-electron chi connectivity index (χ4n) is 3.39. The van der Waals surface area contributed by atoms with Crippen molar-refractivity contribution >= 4 is 34.4 Å². The lowest BCUT2D eigenvalue weighted by atomic mass is 9.93. The third-order valence-corrected chi connectivity index (χ3v) is 4.88. The summed E-state index contributed by atoms with van der Waals surface area (Å²) in [6, 6.07) is 7.01. The van der Waals surface area contributed by atoms with Crippen LogP contribution in [0.4, 0.5) is 5.82 Å². The maximum atomic E-state index is 12.2. The number of aromatic nitrogens is 4. The molecule has 29 heavy (non-hydrogen) atoms. The van der Waals surface area contributed by atoms with Gasteiger partial charge in [-0.3, -0.25) is 29.1 Å². The summed E-state index contributed by atoms with van der Waals surface area (Å²) in [5, 5.41) is 14.4. The Morgan fingerprint density at radius 2 is 2.10 bits per heavy atom. The Morgan fingerprint density at radius 1 is 1.28 bits per heavy atom. The second-order valence-corrected chi connectivity index (χ2v) is 6.87. The maximum Gasteiger partial charge on any atom is 0.263 e. The van der Waals surface area contributed by atoms with Crippen molar-refractivity contribution in [3.63, 3.8) is 0 Å². The molecule has 10 nitrogen and oxygen atoms in total. The van der Waals surface area contributed by atoms with Gasteiger partial charge in [0.05, 0.1) is 23.3 Å². The number of carbonyl (C=O) groups is 3. The highest BCUT2D eigenvalue weighted by Gasteiger charge is 2.31. The van der Waals surface area contributed by atoms with Gasteiger partial charge < -0.3 is 10.1 Å². The number of benzene rings is 1. The molecule has 2 N–H and O–H groups in total. The lowest BCUT2D eigenvalue weighted by molar-refractivity contribution is -0.134. The third-order valence-electron chi connectivity index (χ3n) is 4.88. The third kappa shape index (κ3) is 3.68. The number of nitrogens with zero attached hydrogens (tertiary/aromatic N) is 4. The Labute approximate surface area is 165 Å². The largest absolute Gasteiger partial charge is 0.484 e. The van der Waals surface area contributed by atoms with E-state index in [1.807, 2.05) is 6.07 Å². The minimum Gasteiger partial charge on any atom is -0.484 e. The summed E-state index contributed by atoms with van der Waals surface area (Å²) in [5.74, 6) is -0.263. The molecule has 0 saturated carbocycles. The van der Waals surface area contributed by atoms with Crippen LogP contribution in [-0.4, -0.2) is 43.9 Å². The Bertz CT molecular complexity index is 1120. The zero-order valence-corrected chi connectivity index (χ0v) is 16.0. The van der Waals surface area contributed by atoms with Crippen molar-refractivity contribution in [1.82, 2.24) is 24.9 Å². The number of aryl methyl sites for hydroxylation is 2. The molecular weight excluding hydrogens is 376 g/mol. The first-order valence-electron chi connectivity index (χ1n) is 9.13. The van der Waals surface area contributed by atoms with Crippen molar-refractivity contribution in [1.29, 1.82) is 0 Å². The zero-order valence-electron chi connectivity index (χ0n) is 16.0. The molecule has 3 aromatic rings. The topological polar surface area (TPSA) is 120 Å². The highest BCUT2D eigenvalue weighted by molar-refractivity contribution is 6.02. The van der Waals surface area contributed by atoms with Gasteiger partial charge in [-0.2, -0.15) is 10.2 Å². The number of anilines is 1. The van der Waals surface area contributed by atoms with E-state index in [0.29, 0.717) is 30.1 Å². The van der Waals surface area contributed by atoms with E-state index < -0.39 is 5.92 Å². The molecule has 1 saturated heterocycles. The smallest absolute Gasteiger partial charge is 0.263 e. The molecule has 0 aliphatic carbocycles. The SMILES string of the molecule is Cn1nccc1NC(=O)COc1ccc2c(C3CCC(=O)NC3=O)nn(C)c2c1. The number of piperidine rings is 1. The van der Waals surface area contributed by atoms with Gasteiger partial charge in [0.25, 0.3) is 5.91 Å². The van der Waals surface area contributed by atoms with Crippen LogP contribution in [0.1, 0.15) is 24.5 Å². The number of hydrogen-bond donors (Lipinski definition) is 2. The van der Waals surface area contributed by atoms with E-state index in [2.05, 4.69) is 20.8 Å². The van der Waals surface area contributed by atoms with Gasteiger partial charge in [-0.15, -0.1) is 0 Å². The van der Waals surface area contributed by atoms with Crippen molar-refractivity contribution in [2.24, 2.45) is 14.1 Å². The van der Waals surface area contributed by atoms with Gasteiger partial charge in [-0.05, 0) is 18.6 Å². The van der Waals surface area contributed by atoms with Crippen LogP contribution in [0.5, 0.6) is 5.75 Å². The second kappa shape index (κ2) is 7.38. The number of imide groups is 1. The molecule has 10 heteroatoms. The first kappa shape index (κ1) is 18.7. The van der Waals surface area contributed by atoms with Gasteiger partial charge in [-0.25, -0.2) is 0 Å². The number of carbonyl (C=O) groups excluding carboxylic acids is 3. The van der Waals surface area contributed by atoms with E-state index in [1.165, 1.54) is 0 Å². The Hall–Kier alpha value is -3.69. The van der Waals surface area contributed by atoms with Crippen LogP contribution >= 0.6 is 0 Å². The molecular formula is C19H20N6O4. The van der Waals surface area contributed by atoms with Crippen LogP contribution < -0.4 is 15.4 Å². The highest BCUT2D eigenvalue weighted by atomic mass is 16.5. The summed E-state index contributed by atoms with van der Waals surface area (Å²) in [7, 11) is 3.50. The van der Waals surface area contributed by atoms with Gasteiger partial charge in [0.1, 0.15) is 11.6 Å². The van der Waals surface area contributed by atoms with E-state index in [-0.39, 0.29) is 24.3 Å². The molecule has 0 spiro atoms. The van der Waals surface area contributed by atoms with E-state index >= 15 is 0 Å². The average molecular weight is 396 g/mol. The molecule has 0 bridgehead atoms. The van der Waals surface area contributed by atoms with E-state index in [9.17, 15) is 14.4 Å². The van der Waals surface area contributed by atoms with Crippen LogP contribution in [-0.2, 0) is 28.5 Å². The van der Waals surface area contributed by atoms with Crippen LogP contribution in [0, 0.1) is 0 Å². The summed E-state index contributed by atoms with van der Waals surface area (Å²) in [6.45, 7) is -0.158. The minimum atomic E-state index is -0.465. The average Bonchev–Trinajstić information content (AvgIpc) is 3.23. The fourth-order valence-corrected chi connectivity index (χ4v) is 3.39. The molecule has 1 aliphatic heterocycles. The van der Waals surface area contributed by atoms with Crippen molar-refractivity contribution in [3.8, 4) is 5.75 Å². The van der Waals surface area contributed by atoms with Crippen LogP contribution in [0.3, 0.4) is 0 Å². The monoisotopic (exact) mass is 396 g/mol. The number of hydrogen-bond acceptors (Lipinski definition) is 6. The van der Waals surface area contributed by atoms with Crippen molar-refractivity contribution in [2.75, 3.05) is 11.9 Å². The summed E-state index contributed by atoms with van der Waals surface area (Å²) in [4.78, 5) is 35.7. The molecule has 150 valence electrons. The van der Waals surface area contributed by atoms with Gasteiger partial charge in [-0.1, -0.05) is 0 Å². The lowest BCUT2D eigenvalue weighted by Gasteiger charge is -2.19. The van der Waals surface area contributed by atoms with Gasteiger partial charge in [0.2, 0.25) is 11.8 Å². The number of nitrogens with one attached hydrogen (secondary N) is 2. The second-order valence-electron chi connectivity index (χ2n) is 6.87. The number of fused-ring (bicyclic) bond motifs is 1. The molecule has 1 aliphatic rings. The van der Waals surface area contributed by atoms with Gasteiger partial charge in [0.15, 0.2) is 6.61 Å². The molecule has 1 aromatic carbocycles. The quantitative estimate of drug-likeness (QED) is 0.617. The minimum absolute atomic E-state index is 0.158. The van der Waals surface area contributed by atoms with Crippen LogP contribution in [0.25, 0.3) is 10.9 Å². The normalized spacial score (nSPS) is 16.7. The van der Waals surface area contributed by atoms with E-state index in [1.54, 1.807) is 47.9 Å². The molecule has 1 atom stereocenters. The Morgan fingerprint density at radius 3 is 2.83 bits per heavy atom. The van der Waals surface area contributed by atoms with E-state index in [4.69, 9.17) is 4.74 Å². The van der Waals surface area contributed by atoms with Crippen molar-refractivity contribution < 1.29 is 19.1 Å². The molecule has 1 fully saturated rings. The lowest BCUT2D eigenvalue weighted by Crippen LogP contribution is -2.39. The number of amides is 3. The first-order valence-corrected chi connectivity index (χ1v) is 9.13. The molecule has 1 unspecified atom stereocenters. The maximum absolute atomic E-state index is 12.2. The molecule has 4 rings (SSSR count). The standard InChI is InChI=1S/C19H20N6O4/c1-24-14-9-11(29-10-17(27)21-15-7-8-20-25(15)2)3-4-12(14)18(23-24)13-5-6-16(26)22-19(13)28/h3-4,7-9,13H,5-6,10H2,1-2H3,(H,21,27)(H,22,26,28). The Kier molecular flexibility index (Phi) is 4.75. The first-order chi connectivity index (χ1) is 13.9. The van der Waals surface area contributed by atoms with Crippen LogP contribution in [0.15, 0.2) is 30.5 Å². The van der Waals surface area contributed by atoms with Crippen LogP contribution in [0.2, 0.25) is 0 Å². The number of rotatable bonds is 5. The zero-order chi connectivity index (χ0) is 20.5. The summed E-state index contributed by atoms with van der Waals surface area (Å²) < 4.78 is 8.82. The van der Waals surface area contributed by atoms with Crippen molar-refractivity contribution in [2.45, 2.75) is 18.8 Å². The van der Waals surface area contributed by atoms with Crippen molar-refractivity contribution in [3.05, 3.63) is 36.2 Å². The molecule has 3 amide bonds. The molecule has 3 heterocycles. The van der Waals surface area contributed by atoms with E-state index in [0.717, 1.165) is 10.9 Å². The summed E-state index contributed by atoms with van der Waals surface area (Å²) in [6.07, 6.45) is 2.32. The summed E-state index contributed by atoms with van der Waals surface area (Å²) in [5.41, 5.74) is 1.40. The predicted octanol–water partition coefficient (Wildman–Crippen LogP) is 0.844. The molecule has 0 radical (unpaired) electrons. The fraction of sp³-hybridized carbons (Fsp3) is 0.316. The highest BCUT2D eigenvalue weighted by Crippen LogP contribution is 2.31. The predicted molar refractivity (Wildman–Crippen MR) is 103 cm³/mol. The van der Waals surface area contributed by atoms with Gasteiger partial charge in [0, 0.05) is 38.0 Å². The van der Waals surface area contributed by atoms with Gasteiger partial charge >= 0.3 is 0 Å². The Balaban J connectivity index is 1.49.